The summed E-state index contributed by atoms with van der Waals surface area (Å²) in [7, 11) is 1.44. The van der Waals surface area contributed by atoms with E-state index in [1.54, 1.807) is 36.1 Å². The van der Waals surface area contributed by atoms with Crippen LogP contribution in [-0.4, -0.2) is 53.6 Å². The van der Waals surface area contributed by atoms with Crippen molar-refractivity contribution in [1.82, 2.24) is 15.4 Å². The van der Waals surface area contributed by atoms with Crippen LogP contribution in [0.15, 0.2) is 30.6 Å². The molecule has 12 nitrogen and oxygen atoms in total. The summed E-state index contributed by atoms with van der Waals surface area (Å²) < 4.78 is 10.2. The van der Waals surface area contributed by atoms with Crippen molar-refractivity contribution in [3.05, 3.63) is 46.3 Å². The van der Waals surface area contributed by atoms with Gasteiger partial charge in [-0.25, -0.2) is 9.97 Å². The van der Waals surface area contributed by atoms with E-state index in [0.717, 1.165) is 0 Å². The van der Waals surface area contributed by atoms with Gasteiger partial charge in [0.05, 0.1) is 30.1 Å². The van der Waals surface area contributed by atoms with Gasteiger partial charge >= 0.3 is 11.7 Å². The number of methoxy groups -OCH3 is 1. The van der Waals surface area contributed by atoms with Gasteiger partial charge in [0.15, 0.2) is 0 Å². The fraction of sp³-hybridized carbons (Fsp3) is 0.400. The molecule has 0 saturated carbocycles. The highest BCUT2D eigenvalue weighted by Crippen LogP contribution is 2.34. The maximum Gasteiger partial charge on any atom is 0.355 e. The molecule has 0 atom stereocenters. The number of nitro groups is 1. The van der Waals surface area contributed by atoms with Gasteiger partial charge in [-0.15, -0.1) is 0 Å². The summed E-state index contributed by atoms with van der Waals surface area (Å²) in [5.41, 5.74) is 4.80. The molecule has 1 aliphatic heterocycles. The van der Waals surface area contributed by atoms with E-state index in [9.17, 15) is 19.7 Å². The Balaban J connectivity index is 1.75. The van der Waals surface area contributed by atoms with Crippen LogP contribution in [0.3, 0.4) is 0 Å². The zero-order chi connectivity index (χ0) is 23.1. The normalized spacial score (nSPS) is 13.9. The van der Waals surface area contributed by atoms with Gasteiger partial charge in [0.25, 0.3) is 5.91 Å². The first-order valence-electron chi connectivity index (χ1n) is 10.1. The molecule has 2 heterocycles. The highest BCUT2D eigenvalue weighted by molar-refractivity contribution is 5.97. The lowest BCUT2D eigenvalue weighted by Gasteiger charge is -2.31. The van der Waals surface area contributed by atoms with E-state index >= 15 is 0 Å². The number of rotatable bonds is 8. The Hall–Kier alpha value is -3.96. The zero-order valence-corrected chi connectivity index (χ0v) is 17.7. The van der Waals surface area contributed by atoms with Gasteiger partial charge in [0, 0.05) is 13.1 Å². The first kappa shape index (κ1) is 22.7. The van der Waals surface area contributed by atoms with Crippen molar-refractivity contribution < 1.29 is 24.0 Å². The molecular formula is C20H24N6O6. The van der Waals surface area contributed by atoms with Gasteiger partial charge in [-0.1, -0.05) is 12.1 Å². The molecular weight excluding hydrogens is 420 g/mol. The number of amides is 1. The first-order chi connectivity index (χ1) is 15.5. The van der Waals surface area contributed by atoms with Gasteiger partial charge < -0.3 is 14.4 Å². The highest BCUT2D eigenvalue weighted by atomic mass is 16.6. The third kappa shape index (κ3) is 5.02. The van der Waals surface area contributed by atoms with Crippen LogP contribution in [0, 0.1) is 16.0 Å². The fourth-order valence-corrected chi connectivity index (χ4v) is 3.46. The molecule has 0 bridgehead atoms. The summed E-state index contributed by atoms with van der Waals surface area (Å²) in [6.07, 6.45) is 2.16. The van der Waals surface area contributed by atoms with Crippen LogP contribution in [-0.2, 0) is 9.53 Å². The SMILES string of the molecule is CCOC(=O)C1CCN(c2ncnc(NNC(=O)c3ccccc3OC)c2[N+](=O)[O-])CC1. The van der Waals surface area contributed by atoms with Gasteiger partial charge in [-0.05, 0) is 31.9 Å². The number of hydrazine groups is 1. The molecule has 1 aromatic heterocycles. The molecule has 2 N–H and O–H groups in total. The number of hydrogen-bond donors (Lipinski definition) is 2. The van der Waals surface area contributed by atoms with E-state index in [2.05, 4.69) is 20.8 Å². The number of nitrogens with zero attached hydrogens (tertiary/aromatic N) is 4. The van der Waals surface area contributed by atoms with Gasteiger partial charge in [0.2, 0.25) is 11.6 Å². The van der Waals surface area contributed by atoms with Crippen LogP contribution < -0.4 is 20.5 Å². The number of ether oxygens (including phenoxy) is 2. The van der Waals surface area contributed by atoms with Crippen LogP contribution in [0.25, 0.3) is 0 Å². The fourth-order valence-electron chi connectivity index (χ4n) is 3.46. The van der Waals surface area contributed by atoms with Crippen LogP contribution in [0.4, 0.5) is 17.3 Å². The Morgan fingerprint density at radius 3 is 2.62 bits per heavy atom. The lowest BCUT2D eigenvalue weighted by atomic mass is 9.97. The summed E-state index contributed by atoms with van der Waals surface area (Å²) in [5, 5.41) is 11.8. The third-order valence-corrected chi connectivity index (χ3v) is 5.05. The maximum atomic E-state index is 12.5. The standard InChI is InChI=1S/C20H24N6O6/c1-3-32-20(28)13-8-10-25(11-9-13)18-16(26(29)30)17(21-12-22-18)23-24-19(27)14-6-4-5-7-15(14)31-2/h4-7,12-13H,3,8-11H2,1-2H3,(H,24,27)(H,21,22,23). The van der Waals surface area contributed by atoms with E-state index in [1.807, 2.05) is 0 Å². The van der Waals surface area contributed by atoms with E-state index in [-0.39, 0.29) is 34.8 Å². The average molecular weight is 444 g/mol. The van der Waals surface area contributed by atoms with Crippen molar-refractivity contribution in [3.63, 3.8) is 0 Å². The molecule has 1 amide bonds. The summed E-state index contributed by atoms with van der Waals surface area (Å²) in [4.78, 5) is 45.4. The number of para-hydroxylation sites is 1. The third-order valence-electron chi connectivity index (χ3n) is 5.05. The van der Waals surface area contributed by atoms with Gasteiger partial charge in [0.1, 0.15) is 12.1 Å². The summed E-state index contributed by atoms with van der Waals surface area (Å²) in [6, 6.07) is 6.57. The van der Waals surface area contributed by atoms with Crippen LogP contribution in [0.1, 0.15) is 30.1 Å². The maximum absolute atomic E-state index is 12.5. The second-order valence-corrected chi connectivity index (χ2v) is 6.94. The summed E-state index contributed by atoms with van der Waals surface area (Å²) >= 11 is 0. The molecule has 0 spiro atoms. The topological polar surface area (TPSA) is 149 Å². The monoisotopic (exact) mass is 444 g/mol. The molecule has 1 aromatic carbocycles. The first-order valence-corrected chi connectivity index (χ1v) is 10.1. The molecule has 3 rings (SSSR count). The summed E-state index contributed by atoms with van der Waals surface area (Å²) in [6.45, 7) is 2.85. The Labute approximate surface area is 184 Å². The van der Waals surface area contributed by atoms with Crippen molar-refractivity contribution in [2.75, 3.05) is 37.1 Å². The number of carbonyl (C=O) groups excluding carboxylic acids is 2. The molecule has 12 heteroatoms. The summed E-state index contributed by atoms with van der Waals surface area (Å²) in [5.74, 6) is -0.742. The molecule has 1 saturated heterocycles. The smallest absolute Gasteiger partial charge is 0.355 e. The molecule has 0 radical (unpaired) electrons. The average Bonchev–Trinajstić information content (AvgIpc) is 2.82. The van der Waals surface area contributed by atoms with Gasteiger partial charge in [-0.3, -0.25) is 30.6 Å². The number of esters is 1. The molecule has 1 aliphatic rings. The zero-order valence-electron chi connectivity index (χ0n) is 17.7. The van der Waals surface area contributed by atoms with Crippen molar-refractivity contribution in [3.8, 4) is 5.75 Å². The highest BCUT2D eigenvalue weighted by Gasteiger charge is 2.32. The lowest BCUT2D eigenvalue weighted by Crippen LogP contribution is -2.38. The number of benzene rings is 1. The van der Waals surface area contributed by atoms with Crippen LogP contribution in [0.5, 0.6) is 5.75 Å². The molecule has 0 unspecified atom stereocenters. The van der Waals surface area contributed by atoms with E-state index in [0.29, 0.717) is 38.3 Å². The number of anilines is 2. The quantitative estimate of drug-likeness (QED) is 0.351. The second-order valence-electron chi connectivity index (χ2n) is 6.94. The second kappa shape index (κ2) is 10.4. The Kier molecular flexibility index (Phi) is 7.37. The van der Waals surface area contributed by atoms with Crippen LogP contribution >= 0.6 is 0 Å². The largest absolute Gasteiger partial charge is 0.496 e. The molecule has 1 fully saturated rings. The number of carbonyl (C=O) groups is 2. The lowest BCUT2D eigenvalue weighted by molar-refractivity contribution is -0.383. The minimum Gasteiger partial charge on any atom is -0.496 e. The predicted octanol–water partition coefficient (Wildman–Crippen LogP) is 1.93. The van der Waals surface area contributed by atoms with Crippen molar-refractivity contribution in [2.45, 2.75) is 19.8 Å². The Morgan fingerprint density at radius 1 is 1.25 bits per heavy atom. The van der Waals surface area contributed by atoms with Gasteiger partial charge in [-0.2, -0.15) is 0 Å². The number of nitrogens with one attached hydrogen (secondary N) is 2. The Bertz CT molecular complexity index is 992. The van der Waals surface area contributed by atoms with E-state index in [1.165, 1.54) is 13.4 Å². The van der Waals surface area contributed by atoms with Crippen molar-refractivity contribution >= 4 is 29.2 Å². The van der Waals surface area contributed by atoms with Crippen molar-refractivity contribution in [2.24, 2.45) is 5.92 Å². The van der Waals surface area contributed by atoms with Crippen molar-refractivity contribution in [1.29, 1.82) is 0 Å². The number of aromatic nitrogens is 2. The molecule has 2 aromatic rings. The predicted molar refractivity (Wildman–Crippen MR) is 114 cm³/mol. The Morgan fingerprint density at radius 2 is 1.97 bits per heavy atom. The number of hydrogen-bond acceptors (Lipinski definition) is 10. The van der Waals surface area contributed by atoms with Crippen LogP contribution in [0.2, 0.25) is 0 Å². The molecule has 0 aliphatic carbocycles. The minimum atomic E-state index is -0.607. The van der Waals surface area contributed by atoms with E-state index in [4.69, 9.17) is 9.47 Å². The minimum absolute atomic E-state index is 0.112. The number of piperidine rings is 1. The molecule has 170 valence electrons. The van der Waals surface area contributed by atoms with E-state index < -0.39 is 10.8 Å². The molecule has 32 heavy (non-hydrogen) atoms.